The molecule has 1 saturated heterocycles. The molecule has 1 aliphatic heterocycles. The van der Waals surface area contributed by atoms with E-state index in [1.807, 2.05) is 60.7 Å². The molecule has 3 aromatic rings. The highest BCUT2D eigenvalue weighted by Crippen LogP contribution is 2.32. The number of imide groups is 1. The second-order valence-electron chi connectivity index (χ2n) is 6.82. The fraction of sp³-hybridized carbons (Fsp3) is 0.125. The molecule has 0 aliphatic carbocycles. The summed E-state index contributed by atoms with van der Waals surface area (Å²) in [5.74, 6) is -0.129. The third-order valence-electron chi connectivity index (χ3n) is 4.88. The van der Waals surface area contributed by atoms with Crippen molar-refractivity contribution < 1.29 is 14.3 Å². The monoisotopic (exact) mass is 420 g/mol. The highest BCUT2D eigenvalue weighted by Gasteiger charge is 2.50. The van der Waals surface area contributed by atoms with Crippen LogP contribution in [0.15, 0.2) is 91.3 Å². The number of rotatable bonds is 5. The summed E-state index contributed by atoms with van der Waals surface area (Å²) in [5.41, 5.74) is 1.96. The van der Waals surface area contributed by atoms with E-state index in [2.05, 4.69) is 4.98 Å². The molecule has 1 aliphatic rings. The smallest absolute Gasteiger partial charge is 0.410 e. The lowest BCUT2D eigenvalue weighted by molar-refractivity contribution is -0.148. The summed E-state index contributed by atoms with van der Waals surface area (Å²) in [6, 6.07) is 21.9. The molecule has 0 saturated carbocycles. The Morgan fingerprint density at radius 1 is 1.00 bits per heavy atom. The van der Waals surface area contributed by atoms with Crippen molar-refractivity contribution in [1.29, 1.82) is 0 Å². The zero-order valence-corrected chi connectivity index (χ0v) is 16.9. The van der Waals surface area contributed by atoms with Crippen LogP contribution in [0.1, 0.15) is 11.1 Å². The van der Waals surface area contributed by atoms with Crippen molar-refractivity contribution in [2.24, 2.45) is 5.92 Å². The summed E-state index contributed by atoms with van der Waals surface area (Å²) in [6.45, 7) is 0. The molecule has 1 aromatic heterocycles. The van der Waals surface area contributed by atoms with Gasteiger partial charge in [0.25, 0.3) is 0 Å². The van der Waals surface area contributed by atoms with Gasteiger partial charge in [-0.25, -0.2) is 9.69 Å². The summed E-state index contributed by atoms with van der Waals surface area (Å²) < 4.78 is 5.39. The number of amides is 2. The van der Waals surface area contributed by atoms with Gasteiger partial charge in [-0.3, -0.25) is 9.78 Å². The number of hydrogen-bond acceptors (Lipinski definition) is 4. The van der Waals surface area contributed by atoms with E-state index in [1.165, 1.54) is 4.90 Å². The number of ether oxygens (including phenoxy) is 1. The maximum absolute atomic E-state index is 12.8. The van der Waals surface area contributed by atoms with Crippen LogP contribution in [0.3, 0.4) is 0 Å². The molecule has 152 valence electrons. The first-order valence-corrected chi connectivity index (χ1v) is 9.44. The van der Waals surface area contributed by atoms with E-state index in [0.717, 1.165) is 11.1 Å². The van der Waals surface area contributed by atoms with Crippen molar-refractivity contribution in [2.45, 2.75) is 12.5 Å². The van der Waals surface area contributed by atoms with Crippen LogP contribution in [-0.4, -0.2) is 27.9 Å². The summed E-state index contributed by atoms with van der Waals surface area (Å²) in [4.78, 5) is 30.7. The van der Waals surface area contributed by atoms with Crippen LogP contribution in [-0.2, 0) is 11.2 Å². The third-order valence-corrected chi connectivity index (χ3v) is 4.88. The summed E-state index contributed by atoms with van der Waals surface area (Å²) in [6.07, 6.45) is 7.09. The standard InChI is InChI=1S/C24H20N2O3.ClH/c27-23-21(16-18-8-3-1-4-9-18)22(14-13-19-10-7-15-25-17-19)26(23)24(28)29-20-11-5-2-6-12-20;/h1-15,17,21-22H,16H2;1H/t21-,22+;/m1./s1. The quantitative estimate of drug-likeness (QED) is 0.557. The first-order chi connectivity index (χ1) is 14.2. The normalized spacial score (nSPS) is 17.9. The highest BCUT2D eigenvalue weighted by atomic mass is 35.5. The Morgan fingerprint density at radius 2 is 1.70 bits per heavy atom. The molecule has 0 radical (unpaired) electrons. The second-order valence-corrected chi connectivity index (χ2v) is 6.82. The minimum Gasteiger partial charge on any atom is -0.410 e. The van der Waals surface area contributed by atoms with Crippen molar-refractivity contribution >= 4 is 30.5 Å². The molecular formula is C24H21ClN2O3. The minimum atomic E-state index is -0.661. The number of carbonyl (C=O) groups is 2. The number of carbonyl (C=O) groups excluding carboxylic acids is 2. The number of benzene rings is 2. The molecule has 0 spiro atoms. The maximum Gasteiger partial charge on any atom is 0.422 e. The molecule has 2 heterocycles. The van der Waals surface area contributed by atoms with E-state index in [0.29, 0.717) is 12.2 Å². The van der Waals surface area contributed by atoms with Crippen LogP contribution in [0, 0.1) is 5.92 Å². The predicted molar refractivity (Wildman–Crippen MR) is 117 cm³/mol. The Kier molecular flexibility index (Phi) is 6.99. The number of hydrogen-bond donors (Lipinski definition) is 0. The predicted octanol–water partition coefficient (Wildman–Crippen LogP) is 4.79. The van der Waals surface area contributed by atoms with Crippen LogP contribution < -0.4 is 4.74 Å². The molecule has 30 heavy (non-hydrogen) atoms. The Labute approximate surface area is 181 Å². The zero-order valence-electron chi connectivity index (χ0n) is 16.1. The average molecular weight is 421 g/mol. The van der Waals surface area contributed by atoms with Gasteiger partial charge in [0, 0.05) is 12.4 Å². The molecule has 0 N–H and O–H groups in total. The van der Waals surface area contributed by atoms with E-state index in [1.54, 1.807) is 36.7 Å². The van der Waals surface area contributed by atoms with E-state index >= 15 is 0 Å². The van der Waals surface area contributed by atoms with Crippen LogP contribution in [0.25, 0.3) is 6.08 Å². The molecule has 1 fully saturated rings. The van der Waals surface area contributed by atoms with E-state index in [9.17, 15) is 9.59 Å². The largest absolute Gasteiger partial charge is 0.422 e. The highest BCUT2D eigenvalue weighted by molar-refractivity contribution is 6.01. The molecule has 2 aromatic carbocycles. The Hall–Kier alpha value is -3.44. The molecule has 0 unspecified atom stereocenters. The van der Waals surface area contributed by atoms with Gasteiger partial charge in [-0.2, -0.15) is 0 Å². The summed E-state index contributed by atoms with van der Waals surface area (Å²) in [5, 5.41) is 0. The molecule has 2 atom stereocenters. The lowest BCUT2D eigenvalue weighted by Crippen LogP contribution is -2.63. The van der Waals surface area contributed by atoms with Crippen molar-refractivity contribution in [3.05, 3.63) is 102 Å². The number of pyridine rings is 1. The van der Waals surface area contributed by atoms with Crippen molar-refractivity contribution in [3.63, 3.8) is 0 Å². The molecular weight excluding hydrogens is 400 g/mol. The minimum absolute atomic E-state index is 0. The van der Waals surface area contributed by atoms with E-state index < -0.39 is 6.09 Å². The van der Waals surface area contributed by atoms with Gasteiger partial charge in [0.1, 0.15) is 5.75 Å². The van der Waals surface area contributed by atoms with Gasteiger partial charge in [0.15, 0.2) is 0 Å². The second kappa shape index (κ2) is 9.85. The van der Waals surface area contributed by atoms with Crippen LogP contribution in [0.4, 0.5) is 4.79 Å². The summed E-state index contributed by atoms with van der Waals surface area (Å²) in [7, 11) is 0. The van der Waals surface area contributed by atoms with Gasteiger partial charge < -0.3 is 4.74 Å². The third kappa shape index (κ3) is 4.75. The molecule has 6 heteroatoms. The zero-order chi connectivity index (χ0) is 20.1. The van der Waals surface area contributed by atoms with E-state index in [-0.39, 0.29) is 30.3 Å². The summed E-state index contributed by atoms with van der Waals surface area (Å²) >= 11 is 0. The van der Waals surface area contributed by atoms with E-state index in [4.69, 9.17) is 4.74 Å². The average Bonchev–Trinajstić information content (AvgIpc) is 2.76. The van der Waals surface area contributed by atoms with Crippen LogP contribution >= 0.6 is 12.4 Å². The molecule has 2 amide bonds. The first-order valence-electron chi connectivity index (χ1n) is 9.44. The lowest BCUT2D eigenvalue weighted by atomic mass is 9.82. The Morgan fingerprint density at radius 3 is 2.37 bits per heavy atom. The maximum atomic E-state index is 12.8. The fourth-order valence-electron chi connectivity index (χ4n) is 3.40. The Bertz CT molecular complexity index is 1010. The fourth-order valence-corrected chi connectivity index (χ4v) is 3.40. The van der Waals surface area contributed by atoms with Gasteiger partial charge in [0.05, 0.1) is 12.0 Å². The van der Waals surface area contributed by atoms with Crippen molar-refractivity contribution in [1.82, 2.24) is 9.88 Å². The number of β-lactam (4-membered cyclic amide) rings is 1. The van der Waals surface area contributed by atoms with Crippen LogP contribution in [0.5, 0.6) is 5.75 Å². The number of halogens is 1. The molecule has 5 nitrogen and oxygen atoms in total. The molecule has 0 bridgehead atoms. The van der Waals surface area contributed by atoms with Gasteiger partial charge in [-0.1, -0.05) is 66.7 Å². The lowest BCUT2D eigenvalue weighted by Gasteiger charge is -2.43. The number of likely N-dealkylation sites (tertiary alicyclic amines) is 1. The van der Waals surface area contributed by atoms with Crippen molar-refractivity contribution in [3.8, 4) is 5.75 Å². The topological polar surface area (TPSA) is 59.5 Å². The number of aromatic nitrogens is 1. The van der Waals surface area contributed by atoms with Gasteiger partial charge in [-0.15, -0.1) is 12.4 Å². The SMILES string of the molecule is Cl.O=C(Oc1ccccc1)N1C(=O)[C@H](Cc2ccccc2)[C@@H]1C=Cc1cccnc1. The number of para-hydroxylation sites is 1. The van der Waals surface area contributed by atoms with Crippen LogP contribution in [0.2, 0.25) is 0 Å². The first kappa shape index (κ1) is 21.3. The molecule has 4 rings (SSSR count). The van der Waals surface area contributed by atoms with Crippen molar-refractivity contribution in [2.75, 3.05) is 0 Å². The Balaban J connectivity index is 0.00000256. The number of nitrogens with zero attached hydrogens (tertiary/aromatic N) is 2. The van der Waals surface area contributed by atoms with Gasteiger partial charge in [-0.05, 0) is 35.7 Å². The van der Waals surface area contributed by atoms with Gasteiger partial charge in [0.2, 0.25) is 5.91 Å². The van der Waals surface area contributed by atoms with Gasteiger partial charge >= 0.3 is 6.09 Å².